The molecule has 0 radical (unpaired) electrons. The number of nitrogens with one attached hydrogen (secondary N) is 1. The molecule has 0 aliphatic heterocycles. The van der Waals surface area contributed by atoms with E-state index in [9.17, 15) is 8.42 Å². The number of hydrogen-bond donors (Lipinski definition) is 1. The molecule has 2 aromatic rings. The maximum Gasteiger partial charge on any atom is 0.241 e. The van der Waals surface area contributed by atoms with Crippen LogP contribution in [0.3, 0.4) is 0 Å². The van der Waals surface area contributed by atoms with Gasteiger partial charge in [-0.15, -0.1) is 0 Å². The van der Waals surface area contributed by atoms with Crippen molar-refractivity contribution in [2.24, 2.45) is 0 Å². The summed E-state index contributed by atoms with van der Waals surface area (Å²) in [6.07, 6.45) is 0. The summed E-state index contributed by atoms with van der Waals surface area (Å²) >= 11 is 6.01. The lowest BCUT2D eigenvalue weighted by Crippen LogP contribution is -2.26. The Hall–Kier alpha value is -1.76. The van der Waals surface area contributed by atoms with Gasteiger partial charge in [0.1, 0.15) is 11.5 Å². The Morgan fingerprint density at radius 3 is 2.38 bits per heavy atom. The van der Waals surface area contributed by atoms with Crippen LogP contribution < -0.4 is 14.2 Å². The highest BCUT2D eigenvalue weighted by Crippen LogP contribution is 2.27. The highest BCUT2D eigenvalue weighted by atomic mass is 35.5. The van der Waals surface area contributed by atoms with E-state index in [1.165, 1.54) is 25.3 Å². The minimum Gasteiger partial charge on any atom is -0.495 e. The molecule has 2 aromatic carbocycles. The van der Waals surface area contributed by atoms with Crippen LogP contribution in [0, 0.1) is 0 Å². The van der Waals surface area contributed by atoms with E-state index in [1.807, 2.05) is 31.2 Å². The second-order valence-electron chi connectivity index (χ2n) is 5.14. The predicted molar refractivity (Wildman–Crippen MR) is 94.4 cm³/mol. The molecule has 0 bridgehead atoms. The van der Waals surface area contributed by atoms with Crippen LogP contribution in [0.2, 0.25) is 5.02 Å². The fraction of sp³-hybridized carbons (Fsp3) is 0.294. The van der Waals surface area contributed by atoms with Crippen molar-refractivity contribution in [3.63, 3.8) is 0 Å². The van der Waals surface area contributed by atoms with E-state index in [4.69, 9.17) is 21.1 Å². The number of benzene rings is 2. The van der Waals surface area contributed by atoms with Crippen molar-refractivity contribution in [1.29, 1.82) is 0 Å². The van der Waals surface area contributed by atoms with Crippen LogP contribution in [0.25, 0.3) is 0 Å². The zero-order valence-electron chi connectivity index (χ0n) is 13.7. The van der Waals surface area contributed by atoms with E-state index in [2.05, 4.69) is 4.72 Å². The Bertz CT molecular complexity index is 791. The monoisotopic (exact) mass is 369 g/mol. The first-order chi connectivity index (χ1) is 11.4. The molecule has 1 atom stereocenters. The third-order valence-corrected chi connectivity index (χ3v) is 5.29. The Morgan fingerprint density at radius 1 is 1.17 bits per heavy atom. The Morgan fingerprint density at radius 2 is 1.83 bits per heavy atom. The lowest BCUT2D eigenvalue weighted by Gasteiger charge is -2.16. The van der Waals surface area contributed by atoms with Crippen LogP contribution in [0.5, 0.6) is 11.5 Å². The molecule has 0 aliphatic carbocycles. The van der Waals surface area contributed by atoms with Gasteiger partial charge in [0.15, 0.2) is 0 Å². The quantitative estimate of drug-likeness (QED) is 0.806. The zero-order chi connectivity index (χ0) is 17.7. The lowest BCUT2D eigenvalue weighted by molar-refractivity contribution is 0.340. The molecule has 0 saturated heterocycles. The number of ether oxygens (including phenoxy) is 2. The molecule has 0 aromatic heterocycles. The summed E-state index contributed by atoms with van der Waals surface area (Å²) < 4.78 is 38.1. The summed E-state index contributed by atoms with van der Waals surface area (Å²) in [5.74, 6) is 1.17. The highest BCUT2D eigenvalue weighted by Gasteiger charge is 2.19. The summed E-state index contributed by atoms with van der Waals surface area (Å²) in [7, 11) is -2.22. The van der Waals surface area contributed by atoms with Gasteiger partial charge in [0.25, 0.3) is 0 Å². The van der Waals surface area contributed by atoms with Crippen molar-refractivity contribution in [2.45, 2.75) is 24.8 Å². The van der Waals surface area contributed by atoms with Crippen LogP contribution in [-0.4, -0.2) is 22.1 Å². The SMILES string of the molecule is CCOc1ccc([C@H](C)NS(=O)(=O)c2ccc(OC)c(Cl)c2)cc1. The number of methoxy groups -OCH3 is 1. The fourth-order valence-electron chi connectivity index (χ4n) is 2.20. The smallest absolute Gasteiger partial charge is 0.241 e. The highest BCUT2D eigenvalue weighted by molar-refractivity contribution is 7.89. The molecule has 0 amide bonds. The Balaban J connectivity index is 2.17. The van der Waals surface area contributed by atoms with Crippen LogP contribution in [0.1, 0.15) is 25.5 Å². The summed E-state index contributed by atoms with van der Waals surface area (Å²) in [4.78, 5) is 0.0890. The lowest BCUT2D eigenvalue weighted by atomic mass is 10.1. The largest absolute Gasteiger partial charge is 0.495 e. The van der Waals surface area contributed by atoms with Crippen LogP contribution >= 0.6 is 11.6 Å². The normalized spacial score (nSPS) is 12.7. The van der Waals surface area contributed by atoms with Crippen LogP contribution in [0.15, 0.2) is 47.4 Å². The molecule has 0 saturated carbocycles. The summed E-state index contributed by atoms with van der Waals surface area (Å²) in [6.45, 7) is 4.27. The molecule has 0 heterocycles. The third kappa shape index (κ3) is 4.41. The standard InChI is InChI=1S/C17H20ClNO4S/c1-4-23-14-7-5-13(6-8-14)12(2)19-24(20,21)15-9-10-17(22-3)16(18)11-15/h5-12,19H,4H2,1-3H3/t12-/m0/s1. The van der Waals surface area contributed by atoms with Crippen LogP contribution in [0.4, 0.5) is 0 Å². The van der Waals surface area contributed by atoms with Crippen molar-refractivity contribution in [3.05, 3.63) is 53.1 Å². The van der Waals surface area contributed by atoms with Gasteiger partial charge in [-0.1, -0.05) is 23.7 Å². The number of sulfonamides is 1. The topological polar surface area (TPSA) is 64.6 Å². The van der Waals surface area contributed by atoms with Gasteiger partial charge in [-0.05, 0) is 49.7 Å². The summed E-state index contributed by atoms with van der Waals surface area (Å²) in [6, 6.07) is 11.2. The van der Waals surface area contributed by atoms with Gasteiger partial charge < -0.3 is 9.47 Å². The molecule has 0 aliphatic rings. The number of rotatable bonds is 7. The van der Waals surface area contributed by atoms with Crippen LogP contribution in [-0.2, 0) is 10.0 Å². The van der Waals surface area contributed by atoms with Gasteiger partial charge in [0.2, 0.25) is 10.0 Å². The maximum atomic E-state index is 12.5. The van der Waals surface area contributed by atoms with E-state index in [-0.39, 0.29) is 9.92 Å². The molecule has 0 unspecified atom stereocenters. The first-order valence-corrected chi connectivity index (χ1v) is 9.32. The molecule has 2 rings (SSSR count). The second-order valence-corrected chi connectivity index (χ2v) is 7.26. The molecular formula is C17H20ClNO4S. The molecule has 1 N–H and O–H groups in total. The second kappa shape index (κ2) is 7.88. The average molecular weight is 370 g/mol. The molecular weight excluding hydrogens is 350 g/mol. The van der Waals surface area contributed by atoms with Gasteiger partial charge >= 0.3 is 0 Å². The van der Waals surface area contributed by atoms with E-state index < -0.39 is 16.1 Å². The van der Waals surface area contributed by atoms with Crippen molar-refractivity contribution >= 4 is 21.6 Å². The Labute approximate surface area is 147 Å². The van der Waals surface area contributed by atoms with E-state index in [0.717, 1.165) is 11.3 Å². The average Bonchev–Trinajstić information content (AvgIpc) is 2.55. The number of hydrogen-bond acceptors (Lipinski definition) is 4. The van der Waals surface area contributed by atoms with Gasteiger partial charge in [0, 0.05) is 6.04 Å². The predicted octanol–water partition coefficient (Wildman–Crippen LogP) is 3.79. The van der Waals surface area contributed by atoms with Gasteiger partial charge in [-0.2, -0.15) is 0 Å². The third-order valence-electron chi connectivity index (χ3n) is 3.46. The first kappa shape index (κ1) is 18.6. The van der Waals surface area contributed by atoms with Crippen molar-refractivity contribution in [3.8, 4) is 11.5 Å². The summed E-state index contributed by atoms with van der Waals surface area (Å²) in [5.41, 5.74) is 0.835. The molecule has 5 nitrogen and oxygen atoms in total. The van der Waals surface area contributed by atoms with Gasteiger partial charge in [-0.3, -0.25) is 0 Å². The van der Waals surface area contributed by atoms with Crippen molar-refractivity contribution in [1.82, 2.24) is 4.72 Å². The number of halogens is 1. The molecule has 24 heavy (non-hydrogen) atoms. The zero-order valence-corrected chi connectivity index (χ0v) is 15.3. The molecule has 130 valence electrons. The van der Waals surface area contributed by atoms with Gasteiger partial charge in [-0.25, -0.2) is 13.1 Å². The molecule has 7 heteroatoms. The molecule has 0 fully saturated rings. The summed E-state index contributed by atoms with van der Waals surface area (Å²) in [5, 5.41) is 0.245. The van der Waals surface area contributed by atoms with E-state index in [0.29, 0.717) is 12.4 Å². The molecule has 0 spiro atoms. The minimum atomic E-state index is -3.70. The van der Waals surface area contributed by atoms with E-state index >= 15 is 0 Å². The van der Waals surface area contributed by atoms with Crippen molar-refractivity contribution < 1.29 is 17.9 Å². The Kier molecular flexibility index (Phi) is 6.10. The fourth-order valence-corrected chi connectivity index (χ4v) is 3.78. The first-order valence-electron chi connectivity index (χ1n) is 7.46. The van der Waals surface area contributed by atoms with E-state index in [1.54, 1.807) is 6.92 Å². The van der Waals surface area contributed by atoms with Crippen molar-refractivity contribution in [2.75, 3.05) is 13.7 Å². The maximum absolute atomic E-state index is 12.5. The van der Waals surface area contributed by atoms with Gasteiger partial charge in [0.05, 0.1) is 23.6 Å². The minimum absolute atomic E-state index is 0.0890.